The second-order valence-corrected chi connectivity index (χ2v) is 11.3. The minimum atomic E-state index is -0.668. The largest absolute Gasteiger partial charge is 0.496 e. The number of Topliss-reactive ketones (excluding diaryl/α,β-unsaturated/α-hetero) is 1. The molecule has 0 saturated carbocycles. The van der Waals surface area contributed by atoms with Gasteiger partial charge in [-0.25, -0.2) is 0 Å². The maximum Gasteiger partial charge on any atom is 0.203 e. The lowest BCUT2D eigenvalue weighted by atomic mass is 9.94. The molecule has 0 aliphatic carbocycles. The summed E-state index contributed by atoms with van der Waals surface area (Å²) >= 11 is 1.64. The van der Waals surface area contributed by atoms with Gasteiger partial charge in [0, 0.05) is 37.9 Å². The van der Waals surface area contributed by atoms with Crippen LogP contribution in [-0.4, -0.2) is 59.3 Å². The molecule has 8 nitrogen and oxygen atoms in total. The smallest absolute Gasteiger partial charge is 0.203 e. The molecule has 1 saturated heterocycles. The summed E-state index contributed by atoms with van der Waals surface area (Å²) in [6.07, 6.45) is -0.256. The van der Waals surface area contributed by atoms with Gasteiger partial charge in [0.2, 0.25) is 5.75 Å². The highest BCUT2D eigenvalue weighted by Crippen LogP contribution is 2.44. The Balaban J connectivity index is 1.48. The zero-order chi connectivity index (χ0) is 30.0. The fourth-order valence-electron chi connectivity index (χ4n) is 4.91. The van der Waals surface area contributed by atoms with Gasteiger partial charge in [-0.1, -0.05) is 24.8 Å². The van der Waals surface area contributed by atoms with Gasteiger partial charge in [0.1, 0.15) is 24.2 Å². The summed E-state index contributed by atoms with van der Waals surface area (Å²) in [6.45, 7) is 8.50. The van der Waals surface area contributed by atoms with Crippen molar-refractivity contribution < 1.29 is 38.0 Å². The van der Waals surface area contributed by atoms with E-state index in [1.54, 1.807) is 43.8 Å². The van der Waals surface area contributed by atoms with E-state index >= 15 is 0 Å². The molecule has 1 aliphatic heterocycles. The Labute approximate surface area is 249 Å². The van der Waals surface area contributed by atoms with Crippen molar-refractivity contribution in [2.75, 3.05) is 41.7 Å². The molecule has 1 fully saturated rings. The Morgan fingerprint density at radius 2 is 1.60 bits per heavy atom. The third-order valence-corrected chi connectivity index (χ3v) is 8.16. The van der Waals surface area contributed by atoms with E-state index in [1.165, 1.54) is 14.2 Å². The molecule has 5 rings (SSSR count). The van der Waals surface area contributed by atoms with Crippen molar-refractivity contribution in [1.82, 2.24) is 0 Å². The number of carbonyl (C=O) groups is 1. The molecule has 2 heterocycles. The Morgan fingerprint density at radius 1 is 0.929 bits per heavy atom. The van der Waals surface area contributed by atoms with E-state index < -0.39 is 5.79 Å². The molecule has 4 aromatic rings. The van der Waals surface area contributed by atoms with Gasteiger partial charge in [0.25, 0.3) is 0 Å². The average Bonchev–Trinajstić information content (AvgIpc) is 3.60. The highest BCUT2D eigenvalue weighted by Gasteiger charge is 2.33. The molecule has 0 N–H and O–H groups in total. The summed E-state index contributed by atoms with van der Waals surface area (Å²) in [6, 6.07) is 17.2. The molecule has 1 aromatic heterocycles. The molecule has 1 aliphatic rings. The number of methoxy groups -OCH3 is 4. The van der Waals surface area contributed by atoms with Crippen LogP contribution < -0.4 is 23.7 Å². The first-order valence-electron chi connectivity index (χ1n) is 13.4. The predicted octanol–water partition coefficient (Wildman–Crippen LogP) is 7.03. The van der Waals surface area contributed by atoms with Crippen molar-refractivity contribution in [2.24, 2.45) is 0 Å². The number of benzene rings is 3. The monoisotopic (exact) mass is 590 g/mol. The lowest BCUT2D eigenvalue weighted by Gasteiger charge is -2.20. The number of carbonyl (C=O) groups excluding carboxylic acids is 1. The number of hydrogen-bond donors (Lipinski definition) is 0. The van der Waals surface area contributed by atoms with Crippen LogP contribution in [0.5, 0.6) is 28.7 Å². The predicted molar refractivity (Wildman–Crippen MR) is 164 cm³/mol. The van der Waals surface area contributed by atoms with E-state index in [4.69, 9.17) is 33.2 Å². The number of ketones is 1. The fourth-order valence-corrected chi connectivity index (χ4v) is 6.00. The molecule has 9 heteroatoms. The highest BCUT2D eigenvalue weighted by atomic mass is 32.1. The molecular formula is C33H34O8S. The summed E-state index contributed by atoms with van der Waals surface area (Å²) in [4.78, 5) is 14.9. The topological polar surface area (TPSA) is 81.7 Å². The molecule has 42 heavy (non-hydrogen) atoms. The van der Waals surface area contributed by atoms with Crippen LogP contribution in [0.15, 0.2) is 61.2 Å². The lowest BCUT2D eigenvalue weighted by molar-refractivity contribution is -0.141. The zero-order valence-electron chi connectivity index (χ0n) is 24.6. The summed E-state index contributed by atoms with van der Waals surface area (Å²) in [7, 11) is 6.17. The Bertz CT molecular complexity index is 1580. The van der Waals surface area contributed by atoms with Crippen LogP contribution in [-0.2, 0) is 9.47 Å². The SMILES string of the molecule is C=C(C(=O)c1cc(OC)c(OCC2COC(C)(C)O2)c(OC)c1)c1cc(-c2cc3ccccc3s2)c(OC)cc1OC. The fraction of sp³-hybridized carbons (Fsp3) is 0.303. The van der Waals surface area contributed by atoms with Gasteiger partial charge in [0.05, 0.1) is 35.0 Å². The molecular weight excluding hydrogens is 556 g/mol. The Kier molecular flexibility index (Phi) is 8.45. The lowest BCUT2D eigenvalue weighted by Crippen LogP contribution is -2.25. The van der Waals surface area contributed by atoms with E-state index in [1.807, 2.05) is 32.0 Å². The van der Waals surface area contributed by atoms with Gasteiger partial charge in [-0.15, -0.1) is 11.3 Å². The second-order valence-electron chi connectivity index (χ2n) is 10.2. The van der Waals surface area contributed by atoms with Crippen molar-refractivity contribution in [3.05, 3.63) is 72.3 Å². The van der Waals surface area contributed by atoms with E-state index in [-0.39, 0.29) is 24.1 Å². The quantitative estimate of drug-likeness (QED) is 0.136. The van der Waals surface area contributed by atoms with E-state index in [2.05, 4.69) is 24.8 Å². The van der Waals surface area contributed by atoms with Crippen LogP contribution in [0.3, 0.4) is 0 Å². The average molecular weight is 591 g/mol. The zero-order valence-corrected chi connectivity index (χ0v) is 25.4. The first-order valence-corrected chi connectivity index (χ1v) is 14.2. The minimum Gasteiger partial charge on any atom is -0.496 e. The minimum absolute atomic E-state index is 0.222. The second kappa shape index (κ2) is 12.1. The molecule has 3 aromatic carbocycles. The van der Waals surface area contributed by atoms with Gasteiger partial charge < -0.3 is 33.2 Å². The number of allylic oxidation sites excluding steroid dienone is 1. The van der Waals surface area contributed by atoms with Gasteiger partial charge in [-0.3, -0.25) is 4.79 Å². The molecule has 220 valence electrons. The number of rotatable bonds is 11. The number of ether oxygens (including phenoxy) is 7. The number of fused-ring (bicyclic) bond motifs is 1. The van der Waals surface area contributed by atoms with Crippen molar-refractivity contribution >= 4 is 32.8 Å². The summed E-state index contributed by atoms with van der Waals surface area (Å²) < 4.78 is 41.2. The molecule has 1 atom stereocenters. The van der Waals surface area contributed by atoms with Crippen LogP contribution in [0.2, 0.25) is 0 Å². The van der Waals surface area contributed by atoms with Crippen LogP contribution in [0.4, 0.5) is 0 Å². The van der Waals surface area contributed by atoms with Crippen LogP contribution in [0.25, 0.3) is 26.1 Å². The maximum atomic E-state index is 13.9. The van der Waals surface area contributed by atoms with Gasteiger partial charge in [-0.05, 0) is 49.6 Å². The third kappa shape index (κ3) is 5.81. The van der Waals surface area contributed by atoms with E-state index in [0.717, 1.165) is 20.5 Å². The first kappa shape index (κ1) is 29.4. The first-order chi connectivity index (χ1) is 20.2. The summed E-state index contributed by atoms with van der Waals surface area (Å²) in [5, 5.41) is 1.13. The summed E-state index contributed by atoms with van der Waals surface area (Å²) in [5.41, 5.74) is 1.95. The number of thiophene rings is 1. The van der Waals surface area contributed by atoms with E-state index in [0.29, 0.717) is 46.5 Å². The van der Waals surface area contributed by atoms with Crippen LogP contribution >= 0.6 is 11.3 Å². The maximum absolute atomic E-state index is 13.9. The van der Waals surface area contributed by atoms with Crippen molar-refractivity contribution in [3.63, 3.8) is 0 Å². The van der Waals surface area contributed by atoms with Gasteiger partial charge >= 0.3 is 0 Å². The molecule has 0 amide bonds. The van der Waals surface area contributed by atoms with Gasteiger partial charge in [0.15, 0.2) is 23.1 Å². The molecule has 0 radical (unpaired) electrons. The third-order valence-electron chi connectivity index (χ3n) is 7.02. The van der Waals surface area contributed by atoms with Crippen LogP contribution in [0.1, 0.15) is 29.8 Å². The normalized spacial score (nSPS) is 15.8. The van der Waals surface area contributed by atoms with Crippen LogP contribution in [0, 0.1) is 0 Å². The van der Waals surface area contributed by atoms with Crippen molar-refractivity contribution in [1.29, 1.82) is 0 Å². The standard InChI is InChI=1S/C33H34O8S/c1-19(23-15-24(26(36-5)16-25(23)35-4)30-14-20-10-8-9-11-29(20)42-30)31(34)21-12-27(37-6)32(28(13-21)38-7)39-17-22-18-40-33(2,3)41-22/h8-16,22H,1,17-18H2,2-7H3. The molecule has 1 unspecified atom stereocenters. The Morgan fingerprint density at radius 3 is 2.19 bits per heavy atom. The van der Waals surface area contributed by atoms with Gasteiger partial charge in [-0.2, -0.15) is 0 Å². The molecule has 0 bridgehead atoms. The molecule has 0 spiro atoms. The van der Waals surface area contributed by atoms with Crippen molar-refractivity contribution in [2.45, 2.75) is 25.7 Å². The highest BCUT2D eigenvalue weighted by molar-refractivity contribution is 7.22. The Hall–Kier alpha value is -4.05. The van der Waals surface area contributed by atoms with Crippen molar-refractivity contribution in [3.8, 4) is 39.2 Å². The number of hydrogen-bond acceptors (Lipinski definition) is 9. The van der Waals surface area contributed by atoms with E-state index in [9.17, 15) is 4.79 Å². The summed E-state index contributed by atoms with van der Waals surface area (Å²) in [5.74, 6) is 1.16.